The molecular weight excluding hydrogens is 278 g/mol. The highest BCUT2D eigenvalue weighted by Crippen LogP contribution is 2.17. The number of hydrogen-bond donors (Lipinski definition) is 1. The summed E-state index contributed by atoms with van der Waals surface area (Å²) in [4.78, 5) is 16.2. The van der Waals surface area contributed by atoms with Gasteiger partial charge in [-0.1, -0.05) is 42.3 Å². The molecule has 1 aromatic carbocycles. The average molecular weight is 301 g/mol. The van der Waals surface area contributed by atoms with E-state index in [4.69, 9.17) is 4.52 Å². The Hall–Kier alpha value is -2.17. The van der Waals surface area contributed by atoms with Gasteiger partial charge in [-0.3, -0.25) is 4.79 Å². The lowest BCUT2D eigenvalue weighted by atomic mass is 10.1. The summed E-state index contributed by atoms with van der Waals surface area (Å²) in [5.74, 6) is 1.09. The highest BCUT2D eigenvalue weighted by atomic mass is 16.5. The van der Waals surface area contributed by atoms with Crippen LogP contribution in [0.25, 0.3) is 11.4 Å². The van der Waals surface area contributed by atoms with Gasteiger partial charge in [0.15, 0.2) is 0 Å². The highest BCUT2D eigenvalue weighted by molar-refractivity contribution is 5.76. The van der Waals surface area contributed by atoms with E-state index in [9.17, 15) is 4.79 Å². The normalized spacial score (nSPS) is 12.1. The maximum Gasteiger partial charge on any atom is 0.227 e. The fourth-order valence-electron chi connectivity index (χ4n) is 2.33. The third kappa shape index (κ3) is 4.69. The molecule has 0 bridgehead atoms. The summed E-state index contributed by atoms with van der Waals surface area (Å²) >= 11 is 0. The maximum atomic E-state index is 11.8. The van der Waals surface area contributed by atoms with E-state index in [1.807, 2.05) is 38.1 Å². The number of aryl methyl sites for hydroxylation is 2. The van der Waals surface area contributed by atoms with E-state index < -0.39 is 0 Å². The van der Waals surface area contributed by atoms with Gasteiger partial charge < -0.3 is 9.84 Å². The number of hydrogen-bond acceptors (Lipinski definition) is 4. The molecule has 0 unspecified atom stereocenters. The van der Waals surface area contributed by atoms with Crippen molar-refractivity contribution in [2.24, 2.45) is 0 Å². The van der Waals surface area contributed by atoms with Gasteiger partial charge >= 0.3 is 0 Å². The monoisotopic (exact) mass is 301 g/mol. The maximum absolute atomic E-state index is 11.8. The molecule has 0 saturated carbocycles. The number of nitrogens with zero attached hydrogens (tertiary/aromatic N) is 2. The van der Waals surface area contributed by atoms with Gasteiger partial charge in [0.1, 0.15) is 0 Å². The molecule has 0 aliphatic heterocycles. The highest BCUT2D eigenvalue weighted by Gasteiger charge is 2.12. The SMILES string of the molecule is CCC[C@H](C)NC(=O)CCc1nc(-c2cccc(C)c2)no1. The Morgan fingerprint density at radius 3 is 2.95 bits per heavy atom. The summed E-state index contributed by atoms with van der Waals surface area (Å²) < 4.78 is 5.22. The standard InChI is InChI=1S/C17H23N3O2/c1-4-6-13(3)18-15(21)9-10-16-19-17(20-22-16)14-8-5-7-12(2)11-14/h5,7-8,11,13H,4,6,9-10H2,1-3H3,(H,18,21)/t13-/m0/s1. The van der Waals surface area contributed by atoms with Crippen LogP contribution < -0.4 is 5.32 Å². The van der Waals surface area contributed by atoms with Crippen LogP contribution in [0, 0.1) is 6.92 Å². The zero-order chi connectivity index (χ0) is 15.9. The van der Waals surface area contributed by atoms with Gasteiger partial charge in [-0.2, -0.15) is 4.98 Å². The first kappa shape index (κ1) is 16.2. The fourth-order valence-corrected chi connectivity index (χ4v) is 2.33. The van der Waals surface area contributed by atoms with Crippen molar-refractivity contribution in [2.45, 2.75) is 52.5 Å². The number of aromatic nitrogens is 2. The van der Waals surface area contributed by atoms with E-state index in [1.165, 1.54) is 0 Å². The second kappa shape index (κ2) is 7.73. The molecule has 0 aliphatic carbocycles. The number of benzene rings is 1. The predicted molar refractivity (Wildman–Crippen MR) is 85.3 cm³/mol. The topological polar surface area (TPSA) is 68.0 Å². The number of carbonyl (C=O) groups excluding carboxylic acids is 1. The predicted octanol–water partition coefficient (Wildman–Crippen LogP) is 3.28. The first-order valence-electron chi connectivity index (χ1n) is 7.77. The van der Waals surface area contributed by atoms with Crippen LogP contribution in [-0.2, 0) is 11.2 Å². The van der Waals surface area contributed by atoms with Crippen LogP contribution in [0.2, 0.25) is 0 Å². The molecule has 5 nitrogen and oxygen atoms in total. The molecule has 118 valence electrons. The minimum Gasteiger partial charge on any atom is -0.354 e. The van der Waals surface area contributed by atoms with Crippen molar-refractivity contribution in [3.8, 4) is 11.4 Å². The second-order valence-corrected chi connectivity index (χ2v) is 5.64. The Labute approximate surface area is 131 Å². The van der Waals surface area contributed by atoms with Crippen LogP contribution in [0.3, 0.4) is 0 Å². The lowest BCUT2D eigenvalue weighted by molar-refractivity contribution is -0.121. The molecule has 5 heteroatoms. The summed E-state index contributed by atoms with van der Waals surface area (Å²) in [6, 6.07) is 8.15. The van der Waals surface area contributed by atoms with E-state index in [-0.39, 0.29) is 11.9 Å². The van der Waals surface area contributed by atoms with Crippen LogP contribution in [0.1, 0.15) is 44.6 Å². The van der Waals surface area contributed by atoms with Gasteiger partial charge in [0, 0.05) is 24.4 Å². The minimum atomic E-state index is 0.0243. The quantitative estimate of drug-likeness (QED) is 0.852. The first-order chi connectivity index (χ1) is 10.6. The molecule has 0 spiro atoms. The van der Waals surface area contributed by atoms with Gasteiger partial charge in [0.2, 0.25) is 17.6 Å². The molecule has 1 atom stereocenters. The van der Waals surface area contributed by atoms with Crippen LogP contribution in [0.15, 0.2) is 28.8 Å². The largest absolute Gasteiger partial charge is 0.354 e. The first-order valence-corrected chi connectivity index (χ1v) is 7.77. The lowest BCUT2D eigenvalue weighted by Gasteiger charge is -2.11. The Morgan fingerprint density at radius 2 is 2.23 bits per heavy atom. The summed E-state index contributed by atoms with van der Waals surface area (Å²) in [5.41, 5.74) is 2.07. The van der Waals surface area contributed by atoms with Crippen molar-refractivity contribution in [1.29, 1.82) is 0 Å². The number of rotatable bonds is 7. The Bertz CT molecular complexity index is 622. The summed E-state index contributed by atoms with van der Waals surface area (Å²) in [7, 11) is 0. The molecule has 2 rings (SSSR count). The van der Waals surface area contributed by atoms with Crippen LogP contribution in [0.5, 0.6) is 0 Å². The average Bonchev–Trinajstić information content (AvgIpc) is 2.94. The lowest BCUT2D eigenvalue weighted by Crippen LogP contribution is -2.32. The van der Waals surface area contributed by atoms with Crippen molar-refractivity contribution >= 4 is 5.91 Å². The van der Waals surface area contributed by atoms with E-state index in [2.05, 4.69) is 22.4 Å². The van der Waals surface area contributed by atoms with Gasteiger partial charge in [0.25, 0.3) is 0 Å². The number of carbonyl (C=O) groups is 1. The minimum absolute atomic E-state index is 0.0243. The summed E-state index contributed by atoms with van der Waals surface area (Å²) in [6.45, 7) is 6.14. The number of amides is 1. The van der Waals surface area contributed by atoms with Crippen LogP contribution in [0.4, 0.5) is 0 Å². The molecule has 22 heavy (non-hydrogen) atoms. The molecule has 0 aliphatic rings. The van der Waals surface area contributed by atoms with Crippen molar-refractivity contribution < 1.29 is 9.32 Å². The van der Waals surface area contributed by atoms with Gasteiger partial charge in [-0.25, -0.2) is 0 Å². The van der Waals surface area contributed by atoms with Crippen molar-refractivity contribution in [1.82, 2.24) is 15.5 Å². The van der Waals surface area contributed by atoms with Crippen molar-refractivity contribution in [3.05, 3.63) is 35.7 Å². The third-order valence-corrected chi connectivity index (χ3v) is 3.44. The van der Waals surface area contributed by atoms with Crippen molar-refractivity contribution in [3.63, 3.8) is 0 Å². The zero-order valence-corrected chi connectivity index (χ0v) is 13.4. The van der Waals surface area contributed by atoms with Gasteiger partial charge in [-0.05, 0) is 26.3 Å². The Kier molecular flexibility index (Phi) is 5.69. The van der Waals surface area contributed by atoms with E-state index in [0.29, 0.717) is 24.6 Å². The summed E-state index contributed by atoms with van der Waals surface area (Å²) in [6.07, 6.45) is 2.88. The van der Waals surface area contributed by atoms with E-state index in [1.54, 1.807) is 0 Å². The van der Waals surface area contributed by atoms with Gasteiger partial charge in [-0.15, -0.1) is 0 Å². The second-order valence-electron chi connectivity index (χ2n) is 5.64. The smallest absolute Gasteiger partial charge is 0.227 e. The molecular formula is C17H23N3O2. The van der Waals surface area contributed by atoms with Gasteiger partial charge in [0.05, 0.1) is 0 Å². The molecule has 0 fully saturated rings. The molecule has 0 radical (unpaired) electrons. The molecule has 1 N–H and O–H groups in total. The fraction of sp³-hybridized carbons (Fsp3) is 0.471. The number of nitrogens with one attached hydrogen (secondary N) is 1. The van der Waals surface area contributed by atoms with Crippen molar-refractivity contribution in [2.75, 3.05) is 0 Å². The molecule has 1 heterocycles. The Balaban J connectivity index is 1.88. The van der Waals surface area contributed by atoms with E-state index >= 15 is 0 Å². The third-order valence-electron chi connectivity index (χ3n) is 3.44. The Morgan fingerprint density at radius 1 is 1.41 bits per heavy atom. The van der Waals surface area contributed by atoms with Crippen LogP contribution in [-0.4, -0.2) is 22.1 Å². The molecule has 1 aromatic heterocycles. The molecule has 0 saturated heterocycles. The summed E-state index contributed by atoms with van der Waals surface area (Å²) in [5, 5.41) is 6.95. The molecule has 1 amide bonds. The zero-order valence-electron chi connectivity index (χ0n) is 13.4. The van der Waals surface area contributed by atoms with Crippen LogP contribution >= 0.6 is 0 Å². The van der Waals surface area contributed by atoms with E-state index in [0.717, 1.165) is 24.0 Å². The molecule has 2 aromatic rings.